The third-order valence-electron chi connectivity index (χ3n) is 3.68. The molecule has 1 fully saturated rings. The highest BCUT2D eigenvalue weighted by Crippen LogP contribution is 2.22. The first-order valence-corrected chi connectivity index (χ1v) is 7.52. The topological polar surface area (TPSA) is 110 Å². The van der Waals surface area contributed by atoms with Crippen molar-refractivity contribution >= 4 is 0 Å². The quantitative estimate of drug-likeness (QED) is 0.660. The fourth-order valence-electron chi connectivity index (χ4n) is 2.58. The maximum absolute atomic E-state index is 10.2. The Morgan fingerprint density at radius 3 is 2.73 bits per heavy atom. The van der Waals surface area contributed by atoms with Crippen LogP contribution in [0, 0.1) is 5.92 Å². The number of hydrogen-bond donors (Lipinski definition) is 3. The van der Waals surface area contributed by atoms with Crippen LogP contribution < -0.4 is 0 Å². The largest absolute Gasteiger partial charge is 0.390 e. The third kappa shape index (κ3) is 4.23. The van der Waals surface area contributed by atoms with Crippen LogP contribution in [0.4, 0.5) is 0 Å². The normalized spacial score (nSPS) is 33.1. The molecule has 0 spiro atoms. The highest BCUT2D eigenvalue weighted by molar-refractivity contribution is 4.94. The molecule has 0 unspecified atom stereocenters. The zero-order valence-corrected chi connectivity index (χ0v) is 13.2. The summed E-state index contributed by atoms with van der Waals surface area (Å²) in [7, 11) is 1.41. The Morgan fingerprint density at radius 1 is 1.36 bits per heavy atom. The first kappa shape index (κ1) is 17.3. The number of aliphatic hydroxyl groups excluding tert-OH is 3. The summed E-state index contributed by atoms with van der Waals surface area (Å²) in [6.07, 6.45) is -2.24. The minimum Gasteiger partial charge on any atom is -0.390 e. The summed E-state index contributed by atoms with van der Waals surface area (Å²) >= 11 is 0. The molecule has 0 aliphatic carbocycles. The van der Waals surface area contributed by atoms with Gasteiger partial charge >= 0.3 is 0 Å². The Balaban J connectivity index is 2.06. The highest BCUT2D eigenvalue weighted by Gasteiger charge is 2.38. The van der Waals surface area contributed by atoms with Crippen molar-refractivity contribution in [1.29, 1.82) is 0 Å². The molecule has 0 saturated carbocycles. The van der Waals surface area contributed by atoms with Crippen LogP contribution in [0.1, 0.15) is 26.0 Å². The lowest BCUT2D eigenvalue weighted by molar-refractivity contribution is -0.210. The van der Waals surface area contributed by atoms with E-state index >= 15 is 0 Å². The van der Waals surface area contributed by atoms with Gasteiger partial charge in [0.2, 0.25) is 0 Å². The van der Waals surface area contributed by atoms with Gasteiger partial charge in [0.05, 0.1) is 18.3 Å². The molecule has 1 aromatic heterocycles. The molecule has 0 bridgehead atoms. The average Bonchev–Trinajstić information content (AvgIpc) is 2.84. The van der Waals surface area contributed by atoms with Crippen LogP contribution in [-0.4, -0.2) is 68.1 Å². The predicted octanol–water partition coefficient (Wildman–Crippen LogP) is -0.679. The molecule has 1 aliphatic rings. The summed E-state index contributed by atoms with van der Waals surface area (Å²) in [5.41, 5.74) is 0.863. The summed E-state index contributed by atoms with van der Waals surface area (Å²) in [6, 6.07) is 0. The number of aromatic nitrogens is 3. The second kappa shape index (κ2) is 7.47. The molecule has 1 saturated heterocycles. The first-order chi connectivity index (χ1) is 10.4. The van der Waals surface area contributed by atoms with Crippen molar-refractivity contribution in [2.45, 2.75) is 63.9 Å². The number of rotatable bonds is 5. The van der Waals surface area contributed by atoms with E-state index in [4.69, 9.17) is 9.47 Å². The first-order valence-electron chi connectivity index (χ1n) is 7.52. The summed E-state index contributed by atoms with van der Waals surface area (Å²) in [5, 5.41) is 38.0. The van der Waals surface area contributed by atoms with Gasteiger partial charge in [-0.3, -0.25) is 0 Å². The van der Waals surface area contributed by atoms with Gasteiger partial charge in [0.25, 0.3) is 0 Å². The van der Waals surface area contributed by atoms with Gasteiger partial charge in [-0.1, -0.05) is 19.1 Å². The van der Waals surface area contributed by atoms with E-state index < -0.39 is 30.7 Å². The second-order valence-electron chi connectivity index (χ2n) is 6.17. The van der Waals surface area contributed by atoms with Gasteiger partial charge in [-0.2, -0.15) is 0 Å². The van der Waals surface area contributed by atoms with E-state index in [2.05, 4.69) is 24.2 Å². The van der Waals surface area contributed by atoms with Crippen molar-refractivity contribution in [2.75, 3.05) is 7.11 Å². The molecule has 22 heavy (non-hydrogen) atoms. The molecule has 1 aromatic rings. The van der Waals surface area contributed by atoms with E-state index in [0.29, 0.717) is 5.92 Å². The summed E-state index contributed by atoms with van der Waals surface area (Å²) < 4.78 is 12.2. The van der Waals surface area contributed by atoms with E-state index in [1.807, 2.05) is 0 Å². The second-order valence-corrected chi connectivity index (χ2v) is 6.17. The van der Waals surface area contributed by atoms with E-state index in [-0.39, 0.29) is 13.0 Å². The minimum atomic E-state index is -1.13. The van der Waals surface area contributed by atoms with Crippen molar-refractivity contribution in [2.24, 2.45) is 5.92 Å². The van der Waals surface area contributed by atoms with Crippen molar-refractivity contribution in [3.8, 4) is 0 Å². The molecule has 2 heterocycles. The molecule has 0 radical (unpaired) electrons. The molecule has 0 amide bonds. The number of hydrogen-bond acceptors (Lipinski definition) is 7. The van der Waals surface area contributed by atoms with Crippen LogP contribution in [0.3, 0.4) is 0 Å². The van der Waals surface area contributed by atoms with Crippen molar-refractivity contribution in [1.82, 2.24) is 15.0 Å². The summed E-state index contributed by atoms with van der Waals surface area (Å²) in [6.45, 7) is 4.41. The Bertz CT molecular complexity index is 467. The number of aliphatic hydroxyl groups is 3. The van der Waals surface area contributed by atoms with Gasteiger partial charge in [0.1, 0.15) is 18.3 Å². The molecule has 5 atom stereocenters. The predicted molar refractivity (Wildman–Crippen MR) is 76.9 cm³/mol. The van der Waals surface area contributed by atoms with Crippen LogP contribution >= 0.6 is 0 Å². The number of nitrogens with zero attached hydrogens (tertiary/aromatic N) is 3. The Morgan fingerprint density at radius 2 is 2.09 bits per heavy atom. The monoisotopic (exact) mass is 315 g/mol. The van der Waals surface area contributed by atoms with Crippen molar-refractivity contribution in [3.63, 3.8) is 0 Å². The average molecular weight is 315 g/mol. The van der Waals surface area contributed by atoms with Crippen molar-refractivity contribution in [3.05, 3.63) is 11.9 Å². The van der Waals surface area contributed by atoms with Crippen molar-refractivity contribution < 1.29 is 24.8 Å². The van der Waals surface area contributed by atoms with Crippen LogP contribution in [0.2, 0.25) is 0 Å². The third-order valence-corrected chi connectivity index (χ3v) is 3.68. The fraction of sp³-hybridized carbons (Fsp3) is 0.857. The SMILES string of the molecule is CO[C@H]1O[C@H](Cn2cc(CC(C)C)nn2)[C@@H](O)[C@H](O)C[C@H]1O. The molecule has 1 aliphatic heterocycles. The Kier molecular flexibility index (Phi) is 5.87. The Hall–Kier alpha value is -1.06. The smallest absolute Gasteiger partial charge is 0.183 e. The lowest BCUT2D eigenvalue weighted by Crippen LogP contribution is -2.41. The van der Waals surface area contributed by atoms with E-state index in [0.717, 1.165) is 12.1 Å². The van der Waals surface area contributed by atoms with Gasteiger partial charge in [0.15, 0.2) is 6.29 Å². The van der Waals surface area contributed by atoms with E-state index in [9.17, 15) is 15.3 Å². The molecule has 8 nitrogen and oxygen atoms in total. The van der Waals surface area contributed by atoms with Crippen LogP contribution in [0.5, 0.6) is 0 Å². The molecule has 8 heteroatoms. The fourth-order valence-corrected chi connectivity index (χ4v) is 2.58. The molecule has 2 rings (SSSR count). The van der Waals surface area contributed by atoms with Gasteiger partial charge in [-0.25, -0.2) is 4.68 Å². The lowest BCUT2D eigenvalue weighted by atomic mass is 10.0. The molecule has 126 valence electrons. The van der Waals surface area contributed by atoms with Crippen LogP contribution in [-0.2, 0) is 22.4 Å². The van der Waals surface area contributed by atoms with Gasteiger partial charge in [-0.15, -0.1) is 5.10 Å². The highest BCUT2D eigenvalue weighted by atomic mass is 16.7. The minimum absolute atomic E-state index is 0.00781. The van der Waals surface area contributed by atoms with Gasteiger partial charge in [0, 0.05) is 19.7 Å². The zero-order chi connectivity index (χ0) is 16.3. The maximum atomic E-state index is 10.2. The van der Waals surface area contributed by atoms with E-state index in [1.54, 1.807) is 10.9 Å². The summed E-state index contributed by atoms with van der Waals surface area (Å²) in [5.74, 6) is 0.472. The zero-order valence-electron chi connectivity index (χ0n) is 13.2. The van der Waals surface area contributed by atoms with Crippen LogP contribution in [0.25, 0.3) is 0 Å². The molecule has 0 aromatic carbocycles. The number of methoxy groups -OCH3 is 1. The van der Waals surface area contributed by atoms with Gasteiger partial charge in [-0.05, 0) is 12.3 Å². The van der Waals surface area contributed by atoms with E-state index in [1.165, 1.54) is 7.11 Å². The van der Waals surface area contributed by atoms with Crippen LogP contribution in [0.15, 0.2) is 6.20 Å². The lowest BCUT2D eigenvalue weighted by Gasteiger charge is -2.25. The standard InChI is InChI=1S/C14H25N3O5/c1-8(2)4-9-6-17(16-15-9)7-12-13(20)10(18)5-11(19)14(21-3)22-12/h6,8,10-14,18-20H,4-5,7H2,1-3H3/t10-,11-,12-,13+,14+/m1/s1. The molecular weight excluding hydrogens is 290 g/mol. The summed E-state index contributed by atoms with van der Waals surface area (Å²) in [4.78, 5) is 0. The van der Waals surface area contributed by atoms with Gasteiger partial charge < -0.3 is 24.8 Å². The molecular formula is C14H25N3O5. The maximum Gasteiger partial charge on any atom is 0.183 e. The number of ether oxygens (including phenoxy) is 2. The molecule has 3 N–H and O–H groups in total. The Labute approximate surface area is 129 Å².